The van der Waals surface area contributed by atoms with E-state index in [1.165, 1.54) is 24.8 Å². The van der Waals surface area contributed by atoms with Crippen LogP contribution in [0.15, 0.2) is 36.9 Å². The molecule has 0 radical (unpaired) electrons. The van der Waals surface area contributed by atoms with Crippen molar-refractivity contribution in [3.05, 3.63) is 48.0 Å². The molecule has 3 atom stereocenters. The largest absolute Gasteiger partial charge is 0.352 e. The van der Waals surface area contributed by atoms with Gasteiger partial charge in [-0.15, -0.1) is 0 Å². The van der Waals surface area contributed by atoms with Crippen LogP contribution < -0.4 is 5.32 Å². The minimum Gasteiger partial charge on any atom is -0.352 e. The zero-order valence-electron chi connectivity index (χ0n) is 13.2. The van der Waals surface area contributed by atoms with Crippen LogP contribution in [0.4, 0.5) is 0 Å². The van der Waals surface area contributed by atoms with Crippen LogP contribution >= 0.6 is 0 Å². The van der Waals surface area contributed by atoms with Gasteiger partial charge in [0.2, 0.25) is 5.91 Å². The Balaban J connectivity index is 1.30. The van der Waals surface area contributed by atoms with Gasteiger partial charge in [0.25, 0.3) is 0 Å². The summed E-state index contributed by atoms with van der Waals surface area (Å²) >= 11 is 0. The van der Waals surface area contributed by atoms with E-state index in [1.807, 2.05) is 0 Å². The van der Waals surface area contributed by atoms with E-state index in [-0.39, 0.29) is 11.8 Å². The Morgan fingerprint density at radius 3 is 2.65 bits per heavy atom. The van der Waals surface area contributed by atoms with Crippen molar-refractivity contribution in [1.82, 2.24) is 20.1 Å². The van der Waals surface area contributed by atoms with Crippen molar-refractivity contribution in [3.8, 4) is 0 Å². The van der Waals surface area contributed by atoms with Crippen LogP contribution in [0.2, 0.25) is 0 Å². The third kappa shape index (κ3) is 3.14. The number of hydrogen-bond donors (Lipinski definition) is 1. The van der Waals surface area contributed by atoms with Gasteiger partial charge in [-0.25, -0.2) is 9.67 Å². The summed E-state index contributed by atoms with van der Waals surface area (Å²) in [5, 5.41) is 7.23. The predicted octanol–water partition coefficient (Wildman–Crippen LogP) is 2.38. The molecule has 0 aliphatic heterocycles. The van der Waals surface area contributed by atoms with Gasteiger partial charge in [0.1, 0.15) is 12.7 Å². The van der Waals surface area contributed by atoms with E-state index >= 15 is 0 Å². The SMILES string of the molecule is O=C(NCc1ccc(Cn2cncn2)cc1)C1CC2CCC1C2. The van der Waals surface area contributed by atoms with Crippen LogP contribution in [0.3, 0.4) is 0 Å². The van der Waals surface area contributed by atoms with E-state index in [2.05, 4.69) is 39.7 Å². The van der Waals surface area contributed by atoms with E-state index in [4.69, 9.17) is 0 Å². The van der Waals surface area contributed by atoms with Crippen LogP contribution in [0, 0.1) is 17.8 Å². The average Bonchev–Trinajstić information content (AvgIpc) is 3.31. The zero-order valence-corrected chi connectivity index (χ0v) is 13.2. The normalized spacial score (nSPS) is 25.7. The Bertz CT molecular complexity index is 665. The summed E-state index contributed by atoms with van der Waals surface area (Å²) in [5.74, 6) is 1.97. The Morgan fingerprint density at radius 2 is 2.00 bits per heavy atom. The number of nitrogens with zero attached hydrogens (tertiary/aromatic N) is 3. The summed E-state index contributed by atoms with van der Waals surface area (Å²) in [5.41, 5.74) is 2.32. The van der Waals surface area contributed by atoms with Crippen LogP contribution in [-0.2, 0) is 17.9 Å². The molecule has 120 valence electrons. The molecule has 1 heterocycles. The van der Waals surface area contributed by atoms with Crippen molar-refractivity contribution in [2.24, 2.45) is 17.8 Å². The van der Waals surface area contributed by atoms with Gasteiger partial charge in [-0.2, -0.15) is 5.10 Å². The molecule has 2 saturated carbocycles. The van der Waals surface area contributed by atoms with Gasteiger partial charge >= 0.3 is 0 Å². The van der Waals surface area contributed by atoms with Crippen LogP contribution in [-0.4, -0.2) is 20.7 Å². The summed E-state index contributed by atoms with van der Waals surface area (Å²) in [6.45, 7) is 1.34. The highest BCUT2D eigenvalue weighted by molar-refractivity contribution is 5.79. The van der Waals surface area contributed by atoms with Gasteiger partial charge in [-0.05, 0) is 42.2 Å². The molecule has 1 amide bonds. The molecular formula is C18H22N4O. The van der Waals surface area contributed by atoms with Gasteiger partial charge < -0.3 is 5.32 Å². The number of rotatable bonds is 5. The van der Waals surface area contributed by atoms with Gasteiger partial charge in [-0.3, -0.25) is 4.79 Å². The number of carbonyl (C=O) groups is 1. The Hall–Kier alpha value is -2.17. The first-order valence-electron chi connectivity index (χ1n) is 8.46. The van der Waals surface area contributed by atoms with E-state index in [1.54, 1.807) is 17.3 Å². The molecule has 23 heavy (non-hydrogen) atoms. The van der Waals surface area contributed by atoms with Crippen LogP contribution in [0.5, 0.6) is 0 Å². The lowest BCUT2D eigenvalue weighted by molar-refractivity contribution is -0.126. The van der Waals surface area contributed by atoms with Gasteiger partial charge in [0.05, 0.1) is 6.54 Å². The summed E-state index contributed by atoms with van der Waals surface area (Å²) < 4.78 is 1.80. The number of carbonyl (C=O) groups excluding carboxylic acids is 1. The quantitative estimate of drug-likeness (QED) is 0.922. The summed E-state index contributed by atoms with van der Waals surface area (Å²) in [4.78, 5) is 16.3. The Kier molecular flexibility index (Phi) is 3.85. The third-order valence-electron chi connectivity index (χ3n) is 5.38. The smallest absolute Gasteiger partial charge is 0.223 e. The van der Waals surface area contributed by atoms with Crippen molar-refractivity contribution < 1.29 is 4.79 Å². The fourth-order valence-corrected chi connectivity index (χ4v) is 4.15. The van der Waals surface area contributed by atoms with E-state index in [9.17, 15) is 4.79 Å². The minimum atomic E-state index is 0.254. The summed E-state index contributed by atoms with van der Waals surface area (Å²) in [6, 6.07) is 8.32. The third-order valence-corrected chi connectivity index (χ3v) is 5.38. The Morgan fingerprint density at radius 1 is 1.17 bits per heavy atom. The summed E-state index contributed by atoms with van der Waals surface area (Å²) in [6.07, 6.45) is 8.22. The second-order valence-electron chi connectivity index (χ2n) is 6.91. The lowest BCUT2D eigenvalue weighted by Gasteiger charge is -2.20. The fourth-order valence-electron chi connectivity index (χ4n) is 4.15. The maximum absolute atomic E-state index is 12.4. The molecule has 5 heteroatoms. The lowest BCUT2D eigenvalue weighted by Crippen LogP contribution is -2.33. The van der Waals surface area contributed by atoms with E-state index in [0.717, 1.165) is 24.4 Å². The number of hydrogen-bond acceptors (Lipinski definition) is 3. The number of nitrogens with one attached hydrogen (secondary N) is 1. The maximum atomic E-state index is 12.4. The highest BCUT2D eigenvalue weighted by atomic mass is 16.1. The standard InChI is InChI=1S/C18H22N4O/c23-18(17-8-15-5-6-16(17)7-15)20-9-13-1-3-14(4-2-13)10-22-12-19-11-21-22/h1-4,11-12,15-17H,5-10H2,(H,20,23). The molecule has 2 aliphatic carbocycles. The van der Waals surface area contributed by atoms with Gasteiger partial charge in [0, 0.05) is 12.5 Å². The maximum Gasteiger partial charge on any atom is 0.223 e. The molecule has 1 aromatic heterocycles. The van der Waals surface area contributed by atoms with Crippen molar-refractivity contribution in [2.45, 2.75) is 38.8 Å². The zero-order chi connectivity index (χ0) is 15.6. The van der Waals surface area contributed by atoms with Crippen LogP contribution in [0.1, 0.15) is 36.8 Å². The molecule has 2 bridgehead atoms. The molecule has 2 fully saturated rings. The molecule has 4 rings (SSSR count). The highest BCUT2D eigenvalue weighted by Crippen LogP contribution is 2.48. The van der Waals surface area contributed by atoms with Gasteiger partial charge in [0.15, 0.2) is 0 Å². The van der Waals surface area contributed by atoms with E-state index in [0.29, 0.717) is 12.5 Å². The first kappa shape index (κ1) is 14.4. The first-order valence-corrected chi connectivity index (χ1v) is 8.46. The van der Waals surface area contributed by atoms with Crippen molar-refractivity contribution in [2.75, 3.05) is 0 Å². The molecular weight excluding hydrogens is 288 g/mol. The number of amides is 1. The van der Waals surface area contributed by atoms with Crippen molar-refractivity contribution in [1.29, 1.82) is 0 Å². The highest BCUT2D eigenvalue weighted by Gasteiger charge is 2.42. The molecule has 2 aliphatic rings. The monoisotopic (exact) mass is 310 g/mol. The Labute approximate surface area is 136 Å². The second kappa shape index (κ2) is 6.14. The number of aromatic nitrogens is 3. The molecule has 0 saturated heterocycles. The first-order chi connectivity index (χ1) is 11.3. The van der Waals surface area contributed by atoms with Gasteiger partial charge in [-0.1, -0.05) is 30.7 Å². The number of benzene rings is 1. The molecule has 2 aromatic rings. The molecule has 0 spiro atoms. The average molecular weight is 310 g/mol. The van der Waals surface area contributed by atoms with Crippen LogP contribution in [0.25, 0.3) is 0 Å². The van der Waals surface area contributed by atoms with Crippen molar-refractivity contribution in [3.63, 3.8) is 0 Å². The molecule has 5 nitrogen and oxygen atoms in total. The van der Waals surface area contributed by atoms with Crippen molar-refractivity contribution >= 4 is 5.91 Å². The lowest BCUT2D eigenvalue weighted by atomic mass is 9.88. The summed E-state index contributed by atoms with van der Waals surface area (Å²) in [7, 11) is 0. The predicted molar refractivity (Wildman–Crippen MR) is 86.4 cm³/mol. The topological polar surface area (TPSA) is 59.8 Å². The second-order valence-corrected chi connectivity index (χ2v) is 6.91. The minimum absolute atomic E-state index is 0.254. The molecule has 1 N–H and O–H groups in total. The number of fused-ring (bicyclic) bond motifs is 2. The molecule has 1 aromatic carbocycles. The molecule has 3 unspecified atom stereocenters. The fraction of sp³-hybridized carbons (Fsp3) is 0.500. The van der Waals surface area contributed by atoms with E-state index < -0.39 is 0 Å².